The zero-order chi connectivity index (χ0) is 15.4. The molecule has 2 heterocycles. The maximum Gasteiger partial charge on any atom is 0.251 e. The Bertz CT molecular complexity index is 656. The second-order valence-electron chi connectivity index (χ2n) is 5.24. The lowest BCUT2D eigenvalue weighted by molar-refractivity contribution is 0.0950. The maximum atomic E-state index is 12.2. The van der Waals surface area contributed by atoms with Crippen LogP contribution >= 0.6 is 11.6 Å². The van der Waals surface area contributed by atoms with Gasteiger partial charge in [-0.1, -0.05) is 25.4 Å². The highest BCUT2D eigenvalue weighted by Gasteiger charge is 2.11. The summed E-state index contributed by atoms with van der Waals surface area (Å²) < 4.78 is 0. The molecular weight excluding hydrogens is 286 g/mol. The van der Waals surface area contributed by atoms with Crippen molar-refractivity contribution in [3.63, 3.8) is 0 Å². The number of hydrogen-bond donors (Lipinski definition) is 1. The SMILES string of the molecule is Cc1ccncc1CNC(=O)c1cc(Cl)nc(C(C)C)c1. The first-order valence-corrected chi connectivity index (χ1v) is 7.20. The third-order valence-corrected chi connectivity index (χ3v) is 3.45. The van der Waals surface area contributed by atoms with Gasteiger partial charge in [0.25, 0.3) is 5.91 Å². The van der Waals surface area contributed by atoms with Crippen LogP contribution in [0.5, 0.6) is 0 Å². The molecule has 0 radical (unpaired) electrons. The van der Waals surface area contributed by atoms with Gasteiger partial charge in [0.05, 0.1) is 0 Å². The molecule has 0 aliphatic carbocycles. The van der Waals surface area contributed by atoms with E-state index in [4.69, 9.17) is 11.6 Å². The zero-order valence-corrected chi connectivity index (χ0v) is 13.1. The first-order valence-electron chi connectivity index (χ1n) is 6.82. The van der Waals surface area contributed by atoms with Gasteiger partial charge in [-0.3, -0.25) is 9.78 Å². The van der Waals surface area contributed by atoms with Gasteiger partial charge in [0, 0.05) is 30.2 Å². The summed E-state index contributed by atoms with van der Waals surface area (Å²) in [7, 11) is 0. The van der Waals surface area contributed by atoms with Crippen LogP contribution in [0, 0.1) is 6.92 Å². The molecule has 1 amide bonds. The molecule has 0 atom stereocenters. The summed E-state index contributed by atoms with van der Waals surface area (Å²) in [6.07, 6.45) is 3.49. The van der Waals surface area contributed by atoms with Crippen molar-refractivity contribution in [3.8, 4) is 0 Å². The first-order chi connectivity index (χ1) is 9.97. The predicted octanol–water partition coefficient (Wildman–Crippen LogP) is 3.49. The number of aromatic nitrogens is 2. The average Bonchev–Trinajstić information content (AvgIpc) is 2.45. The highest BCUT2D eigenvalue weighted by atomic mass is 35.5. The lowest BCUT2D eigenvalue weighted by Crippen LogP contribution is -2.23. The number of amides is 1. The molecule has 2 rings (SSSR count). The van der Waals surface area contributed by atoms with E-state index in [1.165, 1.54) is 0 Å². The number of carbonyl (C=O) groups is 1. The standard InChI is InChI=1S/C16H18ClN3O/c1-10(2)14-6-12(7-15(17)20-14)16(21)19-9-13-8-18-5-4-11(13)3/h4-8,10H,9H2,1-3H3,(H,19,21). The Morgan fingerprint density at radius 2 is 2.14 bits per heavy atom. The van der Waals surface area contributed by atoms with Crippen LogP contribution < -0.4 is 5.32 Å². The van der Waals surface area contributed by atoms with Crippen LogP contribution in [-0.2, 0) is 6.54 Å². The monoisotopic (exact) mass is 303 g/mol. The van der Waals surface area contributed by atoms with Crippen LogP contribution in [0.1, 0.15) is 46.9 Å². The molecule has 0 aromatic carbocycles. The van der Waals surface area contributed by atoms with Crippen molar-refractivity contribution in [1.82, 2.24) is 15.3 Å². The molecule has 21 heavy (non-hydrogen) atoms. The fourth-order valence-corrected chi connectivity index (χ4v) is 2.12. The van der Waals surface area contributed by atoms with Gasteiger partial charge in [0.1, 0.15) is 5.15 Å². The van der Waals surface area contributed by atoms with Crippen LogP contribution in [0.4, 0.5) is 0 Å². The van der Waals surface area contributed by atoms with E-state index in [0.717, 1.165) is 16.8 Å². The number of halogens is 1. The Hall–Kier alpha value is -1.94. The summed E-state index contributed by atoms with van der Waals surface area (Å²) in [6.45, 7) is 6.46. The normalized spacial score (nSPS) is 10.7. The van der Waals surface area contributed by atoms with Crippen molar-refractivity contribution in [2.45, 2.75) is 33.2 Å². The number of hydrogen-bond acceptors (Lipinski definition) is 3. The van der Waals surface area contributed by atoms with Crippen LogP contribution in [0.3, 0.4) is 0 Å². The predicted molar refractivity (Wildman–Crippen MR) is 83.5 cm³/mol. The Kier molecular flexibility index (Phi) is 4.91. The molecule has 0 fully saturated rings. The van der Waals surface area contributed by atoms with Crippen LogP contribution in [0.15, 0.2) is 30.6 Å². The highest BCUT2D eigenvalue weighted by Crippen LogP contribution is 2.17. The lowest BCUT2D eigenvalue weighted by atomic mass is 10.1. The second-order valence-corrected chi connectivity index (χ2v) is 5.63. The van der Waals surface area contributed by atoms with E-state index in [-0.39, 0.29) is 11.8 Å². The molecule has 2 aromatic rings. The summed E-state index contributed by atoms with van der Waals surface area (Å²) in [5, 5.41) is 3.22. The Balaban J connectivity index is 2.12. The van der Waals surface area contributed by atoms with E-state index in [2.05, 4.69) is 15.3 Å². The summed E-state index contributed by atoms with van der Waals surface area (Å²) in [6, 6.07) is 5.28. The minimum Gasteiger partial charge on any atom is -0.348 e. The minimum atomic E-state index is -0.163. The van der Waals surface area contributed by atoms with Gasteiger partial charge in [0.15, 0.2) is 0 Å². The molecule has 5 heteroatoms. The number of nitrogens with zero attached hydrogens (tertiary/aromatic N) is 2. The van der Waals surface area contributed by atoms with Crippen molar-refractivity contribution in [2.24, 2.45) is 0 Å². The van der Waals surface area contributed by atoms with Gasteiger partial charge < -0.3 is 5.32 Å². The zero-order valence-electron chi connectivity index (χ0n) is 12.4. The average molecular weight is 304 g/mol. The third kappa shape index (κ3) is 4.02. The number of nitrogens with one attached hydrogen (secondary N) is 1. The van der Waals surface area contributed by atoms with E-state index in [9.17, 15) is 4.79 Å². The van der Waals surface area contributed by atoms with Gasteiger partial charge in [-0.05, 0) is 42.2 Å². The highest BCUT2D eigenvalue weighted by molar-refractivity contribution is 6.29. The molecule has 0 spiro atoms. The quantitative estimate of drug-likeness (QED) is 0.880. The van der Waals surface area contributed by atoms with Crippen molar-refractivity contribution in [1.29, 1.82) is 0 Å². The Labute approximate surface area is 129 Å². The van der Waals surface area contributed by atoms with E-state index in [1.807, 2.05) is 26.8 Å². The molecule has 0 saturated carbocycles. The van der Waals surface area contributed by atoms with E-state index < -0.39 is 0 Å². The molecule has 0 unspecified atom stereocenters. The molecule has 1 N–H and O–H groups in total. The largest absolute Gasteiger partial charge is 0.348 e. The van der Waals surface area contributed by atoms with Crippen LogP contribution in [0.2, 0.25) is 5.15 Å². The topological polar surface area (TPSA) is 54.9 Å². The first kappa shape index (κ1) is 15.4. The van der Waals surface area contributed by atoms with E-state index >= 15 is 0 Å². The van der Waals surface area contributed by atoms with Gasteiger partial charge in [-0.15, -0.1) is 0 Å². The molecule has 2 aromatic heterocycles. The molecule has 0 saturated heterocycles. The smallest absolute Gasteiger partial charge is 0.251 e. The number of pyridine rings is 2. The lowest BCUT2D eigenvalue weighted by Gasteiger charge is -2.10. The Morgan fingerprint density at radius 3 is 2.81 bits per heavy atom. The van der Waals surface area contributed by atoms with E-state index in [1.54, 1.807) is 24.5 Å². The Morgan fingerprint density at radius 1 is 1.38 bits per heavy atom. The summed E-state index contributed by atoms with van der Waals surface area (Å²) in [5.41, 5.74) is 3.43. The van der Waals surface area contributed by atoms with Gasteiger partial charge in [-0.25, -0.2) is 4.98 Å². The molecular formula is C16H18ClN3O. The van der Waals surface area contributed by atoms with Crippen molar-refractivity contribution in [2.75, 3.05) is 0 Å². The van der Waals surface area contributed by atoms with Crippen molar-refractivity contribution in [3.05, 3.63) is 58.1 Å². The van der Waals surface area contributed by atoms with Crippen molar-refractivity contribution < 1.29 is 4.79 Å². The number of rotatable bonds is 4. The maximum absolute atomic E-state index is 12.2. The second kappa shape index (κ2) is 6.68. The fraction of sp³-hybridized carbons (Fsp3) is 0.312. The summed E-state index contributed by atoms with van der Waals surface area (Å²) >= 11 is 5.98. The molecule has 0 aliphatic rings. The third-order valence-electron chi connectivity index (χ3n) is 3.25. The molecule has 4 nitrogen and oxygen atoms in total. The van der Waals surface area contributed by atoms with Crippen molar-refractivity contribution >= 4 is 17.5 Å². The minimum absolute atomic E-state index is 0.163. The van der Waals surface area contributed by atoms with Crippen LogP contribution in [0.25, 0.3) is 0 Å². The van der Waals surface area contributed by atoms with Gasteiger partial charge in [-0.2, -0.15) is 0 Å². The molecule has 0 bridgehead atoms. The summed E-state index contributed by atoms with van der Waals surface area (Å²) in [5.74, 6) is 0.0558. The fourth-order valence-electron chi connectivity index (χ4n) is 1.90. The molecule has 110 valence electrons. The van der Waals surface area contributed by atoms with E-state index in [0.29, 0.717) is 17.3 Å². The number of carbonyl (C=O) groups excluding carboxylic acids is 1. The summed E-state index contributed by atoms with van der Waals surface area (Å²) in [4.78, 5) is 20.5. The van der Waals surface area contributed by atoms with Crippen LogP contribution in [-0.4, -0.2) is 15.9 Å². The number of aryl methyl sites for hydroxylation is 1. The van der Waals surface area contributed by atoms with Gasteiger partial charge >= 0.3 is 0 Å². The molecule has 0 aliphatic heterocycles. The van der Waals surface area contributed by atoms with Gasteiger partial charge in [0.2, 0.25) is 0 Å².